The molecule has 0 aliphatic carbocycles. The Morgan fingerprint density at radius 1 is 1.35 bits per heavy atom. The molecule has 0 radical (unpaired) electrons. The molecule has 1 fully saturated rings. The Bertz CT molecular complexity index is 486. The lowest BCUT2D eigenvalue weighted by molar-refractivity contribution is -0.132. The molecule has 0 spiro atoms. The number of carbonyl (C=O) groups is 1. The molecule has 2 heterocycles. The normalized spacial score (nSPS) is 25.6. The van der Waals surface area contributed by atoms with Crippen molar-refractivity contribution in [1.29, 1.82) is 0 Å². The van der Waals surface area contributed by atoms with Gasteiger partial charge in [-0.1, -0.05) is 37.6 Å². The van der Waals surface area contributed by atoms with E-state index in [0.29, 0.717) is 5.91 Å². The van der Waals surface area contributed by atoms with E-state index in [-0.39, 0.29) is 6.04 Å². The number of nitrogens with one attached hydrogen (secondary N) is 1. The Labute approximate surface area is 121 Å². The molecule has 3 nitrogen and oxygen atoms in total. The van der Waals surface area contributed by atoms with Crippen LogP contribution in [-0.2, 0) is 17.8 Å². The third-order valence-corrected chi connectivity index (χ3v) is 4.67. The summed E-state index contributed by atoms with van der Waals surface area (Å²) in [6.07, 6.45) is 4.50. The molecular formula is C17H24N2O. The fourth-order valence-electron chi connectivity index (χ4n) is 3.53. The standard InChI is InChI=1S/C17H24N2O/c1-2-5-13-8-9-19(12-13)17(20)16-10-14-6-3-4-7-15(14)11-18-16/h3-4,6-7,13,16,18H,2,5,8-12H2,1H3/t13?,16-/m1/s1. The molecule has 0 saturated carbocycles. The average molecular weight is 272 g/mol. The smallest absolute Gasteiger partial charge is 0.240 e. The minimum atomic E-state index is -0.0229. The summed E-state index contributed by atoms with van der Waals surface area (Å²) in [7, 11) is 0. The topological polar surface area (TPSA) is 32.3 Å². The highest BCUT2D eigenvalue weighted by atomic mass is 16.2. The summed E-state index contributed by atoms with van der Waals surface area (Å²) in [5.74, 6) is 1.03. The van der Waals surface area contributed by atoms with Crippen molar-refractivity contribution in [2.75, 3.05) is 13.1 Å². The summed E-state index contributed by atoms with van der Waals surface area (Å²) >= 11 is 0. The van der Waals surface area contributed by atoms with E-state index in [0.717, 1.165) is 32.0 Å². The van der Waals surface area contributed by atoms with Gasteiger partial charge in [-0.2, -0.15) is 0 Å². The van der Waals surface area contributed by atoms with Crippen molar-refractivity contribution >= 4 is 5.91 Å². The summed E-state index contributed by atoms with van der Waals surface area (Å²) in [4.78, 5) is 14.7. The lowest BCUT2D eigenvalue weighted by Crippen LogP contribution is -2.48. The number of fused-ring (bicyclic) bond motifs is 1. The van der Waals surface area contributed by atoms with Crippen LogP contribution >= 0.6 is 0 Å². The Kier molecular flexibility index (Phi) is 4.06. The van der Waals surface area contributed by atoms with Crippen LogP contribution in [0.25, 0.3) is 0 Å². The Hall–Kier alpha value is -1.35. The maximum Gasteiger partial charge on any atom is 0.240 e. The number of carbonyl (C=O) groups excluding carboxylic acids is 1. The van der Waals surface area contributed by atoms with Crippen molar-refractivity contribution in [3.05, 3.63) is 35.4 Å². The fraction of sp³-hybridized carbons (Fsp3) is 0.588. The number of hydrogen-bond donors (Lipinski definition) is 1. The van der Waals surface area contributed by atoms with Crippen LogP contribution in [0.5, 0.6) is 0 Å². The summed E-state index contributed by atoms with van der Waals surface area (Å²) < 4.78 is 0. The lowest BCUT2D eigenvalue weighted by Gasteiger charge is -2.29. The molecule has 1 amide bonds. The highest BCUT2D eigenvalue weighted by molar-refractivity contribution is 5.82. The van der Waals surface area contributed by atoms with E-state index in [9.17, 15) is 4.79 Å². The average Bonchev–Trinajstić information content (AvgIpc) is 2.95. The van der Waals surface area contributed by atoms with E-state index in [1.165, 1.54) is 30.4 Å². The van der Waals surface area contributed by atoms with Crippen LogP contribution in [0.15, 0.2) is 24.3 Å². The first-order valence-corrected chi connectivity index (χ1v) is 7.87. The molecular weight excluding hydrogens is 248 g/mol. The van der Waals surface area contributed by atoms with E-state index in [1.807, 2.05) is 0 Å². The van der Waals surface area contributed by atoms with Gasteiger partial charge in [-0.05, 0) is 36.3 Å². The van der Waals surface area contributed by atoms with Gasteiger partial charge in [-0.15, -0.1) is 0 Å². The molecule has 3 heteroatoms. The fourth-order valence-corrected chi connectivity index (χ4v) is 3.53. The Morgan fingerprint density at radius 2 is 2.15 bits per heavy atom. The van der Waals surface area contributed by atoms with Gasteiger partial charge in [0, 0.05) is 19.6 Å². The third kappa shape index (κ3) is 2.73. The second kappa shape index (κ2) is 5.96. The lowest BCUT2D eigenvalue weighted by atomic mass is 9.95. The summed E-state index contributed by atoms with van der Waals surface area (Å²) in [5, 5.41) is 3.41. The molecule has 2 aliphatic rings. The molecule has 2 aliphatic heterocycles. The van der Waals surface area contributed by atoms with Crippen molar-refractivity contribution in [1.82, 2.24) is 10.2 Å². The molecule has 1 unspecified atom stereocenters. The van der Waals surface area contributed by atoms with Crippen molar-refractivity contribution < 1.29 is 4.79 Å². The van der Waals surface area contributed by atoms with Gasteiger partial charge in [-0.3, -0.25) is 4.79 Å². The van der Waals surface area contributed by atoms with E-state index in [4.69, 9.17) is 0 Å². The number of likely N-dealkylation sites (tertiary alicyclic amines) is 1. The van der Waals surface area contributed by atoms with E-state index >= 15 is 0 Å². The number of amides is 1. The second-order valence-corrected chi connectivity index (χ2v) is 6.13. The highest BCUT2D eigenvalue weighted by Crippen LogP contribution is 2.23. The maximum absolute atomic E-state index is 12.6. The van der Waals surface area contributed by atoms with E-state index in [2.05, 4.69) is 41.4 Å². The van der Waals surface area contributed by atoms with E-state index < -0.39 is 0 Å². The highest BCUT2D eigenvalue weighted by Gasteiger charge is 2.32. The van der Waals surface area contributed by atoms with Crippen molar-refractivity contribution in [2.45, 2.75) is 45.2 Å². The molecule has 0 aromatic heterocycles. The molecule has 1 aromatic rings. The number of rotatable bonds is 3. The summed E-state index contributed by atoms with van der Waals surface area (Å²) in [6.45, 7) is 4.96. The van der Waals surface area contributed by atoms with Crippen LogP contribution in [0.1, 0.15) is 37.3 Å². The van der Waals surface area contributed by atoms with Crippen molar-refractivity contribution in [2.24, 2.45) is 5.92 Å². The van der Waals surface area contributed by atoms with Crippen LogP contribution in [0, 0.1) is 5.92 Å². The zero-order valence-corrected chi connectivity index (χ0v) is 12.3. The van der Waals surface area contributed by atoms with E-state index in [1.54, 1.807) is 0 Å². The first-order chi connectivity index (χ1) is 9.78. The predicted molar refractivity (Wildman–Crippen MR) is 80.4 cm³/mol. The van der Waals surface area contributed by atoms with Crippen LogP contribution < -0.4 is 5.32 Å². The van der Waals surface area contributed by atoms with Crippen LogP contribution in [0.4, 0.5) is 0 Å². The summed E-state index contributed by atoms with van der Waals surface area (Å²) in [5.41, 5.74) is 2.66. The Balaban J connectivity index is 1.62. The predicted octanol–water partition coefficient (Wildman–Crippen LogP) is 2.35. The van der Waals surface area contributed by atoms with Gasteiger partial charge in [0.15, 0.2) is 0 Å². The van der Waals surface area contributed by atoms with Crippen LogP contribution in [-0.4, -0.2) is 29.9 Å². The van der Waals surface area contributed by atoms with Crippen molar-refractivity contribution in [3.8, 4) is 0 Å². The van der Waals surface area contributed by atoms with Gasteiger partial charge in [0.2, 0.25) is 5.91 Å². The van der Waals surface area contributed by atoms with Gasteiger partial charge < -0.3 is 10.2 Å². The Morgan fingerprint density at radius 3 is 2.95 bits per heavy atom. The summed E-state index contributed by atoms with van der Waals surface area (Å²) in [6, 6.07) is 8.42. The minimum absolute atomic E-state index is 0.0229. The molecule has 1 N–H and O–H groups in total. The second-order valence-electron chi connectivity index (χ2n) is 6.13. The molecule has 108 valence electrons. The van der Waals surface area contributed by atoms with Gasteiger partial charge in [-0.25, -0.2) is 0 Å². The molecule has 2 atom stereocenters. The van der Waals surface area contributed by atoms with Gasteiger partial charge in [0.1, 0.15) is 0 Å². The minimum Gasteiger partial charge on any atom is -0.341 e. The van der Waals surface area contributed by atoms with Gasteiger partial charge in [0.25, 0.3) is 0 Å². The first-order valence-electron chi connectivity index (χ1n) is 7.87. The zero-order valence-electron chi connectivity index (χ0n) is 12.3. The third-order valence-electron chi connectivity index (χ3n) is 4.67. The molecule has 1 saturated heterocycles. The monoisotopic (exact) mass is 272 g/mol. The number of hydrogen-bond acceptors (Lipinski definition) is 2. The maximum atomic E-state index is 12.6. The van der Waals surface area contributed by atoms with Crippen molar-refractivity contribution in [3.63, 3.8) is 0 Å². The quantitative estimate of drug-likeness (QED) is 0.916. The van der Waals surface area contributed by atoms with Crippen LogP contribution in [0.3, 0.4) is 0 Å². The SMILES string of the molecule is CCCC1CCN(C(=O)[C@H]2Cc3ccccc3CN2)C1. The zero-order chi connectivity index (χ0) is 13.9. The largest absolute Gasteiger partial charge is 0.341 e. The molecule has 1 aromatic carbocycles. The number of nitrogens with zero attached hydrogens (tertiary/aromatic N) is 1. The van der Waals surface area contributed by atoms with Gasteiger partial charge >= 0.3 is 0 Å². The molecule has 0 bridgehead atoms. The molecule has 20 heavy (non-hydrogen) atoms. The molecule has 3 rings (SSSR count). The number of benzene rings is 1. The van der Waals surface area contributed by atoms with Crippen LogP contribution in [0.2, 0.25) is 0 Å². The van der Waals surface area contributed by atoms with Gasteiger partial charge in [0.05, 0.1) is 6.04 Å². The first kappa shape index (κ1) is 13.6.